The van der Waals surface area contributed by atoms with Crippen LogP contribution < -0.4 is 0 Å². The monoisotopic (exact) mass is 2000 g/mol. The fourth-order valence-electron chi connectivity index (χ4n) is 14.7. The normalized spacial score (nSPS) is 12.9. The number of benzene rings is 12. The van der Waals surface area contributed by atoms with E-state index in [0.717, 1.165) is 0 Å². The Balaban J connectivity index is 1.71. The van der Waals surface area contributed by atoms with Crippen molar-refractivity contribution in [3.8, 4) is 207 Å². The van der Waals surface area contributed by atoms with Crippen molar-refractivity contribution in [3.05, 3.63) is 212 Å². The second-order valence-electron chi connectivity index (χ2n) is 30.3. The van der Waals surface area contributed by atoms with Crippen LogP contribution in [0.1, 0.15) is 124 Å². The molecule has 144 heavy (non-hydrogen) atoms. The largest absolute Gasteiger partial charge is 0.504 e. The number of phenols is 36. The fraction of sp³-hybridized carbons (Fsp3) is 0.0556. The summed E-state index contributed by atoms with van der Waals surface area (Å²) in [5.74, 6) is -128. The number of carbonyl (C=O) groups excluding carboxylic acids is 13. The van der Waals surface area contributed by atoms with E-state index >= 15 is 62.3 Å². The lowest BCUT2D eigenvalue weighted by molar-refractivity contribution is -0.245. The molecule has 0 spiro atoms. The minimum atomic E-state index is -7.94. The number of hydrogen-bond donors (Lipinski definition) is 36. The topological polar surface area (TPSA) is 996 Å². The highest BCUT2D eigenvalue weighted by Gasteiger charge is 2.96. The van der Waals surface area contributed by atoms with Crippen molar-refractivity contribution in [1.29, 1.82) is 0 Å². The van der Waals surface area contributed by atoms with Gasteiger partial charge in [-0.15, -0.1) is 0 Å². The third kappa shape index (κ3) is 16.1. The van der Waals surface area contributed by atoms with Gasteiger partial charge in [-0.25, -0.2) is 24.0 Å². The van der Waals surface area contributed by atoms with Gasteiger partial charge in [0.25, 0.3) is 33.8 Å². The highest BCUT2D eigenvalue weighted by molar-refractivity contribution is 6.53. The summed E-state index contributed by atoms with van der Waals surface area (Å²) in [6.45, 7) is 0. The van der Waals surface area contributed by atoms with E-state index in [1.54, 1.807) is 0 Å². The number of hydrogen-bond acceptors (Lipinski definition) is 54. The third-order valence-corrected chi connectivity index (χ3v) is 21.5. The number of ether oxygens (including phenoxy) is 5. The van der Waals surface area contributed by atoms with Gasteiger partial charge in [0.2, 0.25) is 40.5 Å². The first kappa shape index (κ1) is 101. The van der Waals surface area contributed by atoms with Crippen LogP contribution in [0.5, 0.6) is 207 Å². The molecule has 54 nitrogen and oxygen atoms in total. The summed E-state index contributed by atoms with van der Waals surface area (Å²) in [6, 6.07) is -12.6. The van der Waals surface area contributed by atoms with Gasteiger partial charge in [0.15, 0.2) is 207 Å². The maximum atomic E-state index is 20.0. The Kier molecular flexibility index (Phi) is 25.3. The average molecular weight is 2010 g/mol. The number of aromatic hydroxyl groups is 36. The summed E-state index contributed by atoms with van der Waals surface area (Å²) in [7, 11) is 0. The van der Waals surface area contributed by atoms with Gasteiger partial charge >= 0.3 is 29.8 Å². The van der Waals surface area contributed by atoms with Crippen molar-refractivity contribution in [2.75, 3.05) is 0 Å². The number of rotatable bonds is 29. The lowest BCUT2D eigenvalue weighted by Gasteiger charge is -2.60. The first-order valence-corrected chi connectivity index (χ1v) is 38.6. The van der Waals surface area contributed by atoms with Crippen LogP contribution in [0.25, 0.3) is 0 Å². The Morgan fingerprint density at radius 2 is 0.257 bits per heavy atom. The molecular weight excluding hydrogens is 1940 g/mol. The molecule has 54 heteroatoms. The van der Waals surface area contributed by atoms with Crippen molar-refractivity contribution in [1.82, 2.24) is 0 Å². The number of phenolic OH excluding ortho intramolecular Hbond substituents is 36. The summed E-state index contributed by atoms with van der Waals surface area (Å²) >= 11 is 0. The molecule has 0 unspecified atom stereocenters. The number of Topliss-reactive ketones (excluding diaryl/α,β-unsaturated/α-hetero) is 8. The molecule has 12 rings (SSSR count). The van der Waals surface area contributed by atoms with Crippen LogP contribution in [-0.4, -0.2) is 288 Å². The van der Waals surface area contributed by atoms with Crippen molar-refractivity contribution >= 4 is 76.1 Å². The van der Waals surface area contributed by atoms with Crippen LogP contribution in [0.15, 0.2) is 146 Å². The highest BCUT2D eigenvalue weighted by atomic mass is 16.7. The molecule has 744 valence electrons. The first-order chi connectivity index (χ1) is 67.0. The molecule has 0 heterocycles. The lowest BCUT2D eigenvalue weighted by Crippen LogP contribution is -2.93. The zero-order valence-corrected chi connectivity index (χ0v) is 70.3. The van der Waals surface area contributed by atoms with Gasteiger partial charge in [0.05, 0.1) is 27.8 Å². The molecule has 0 aliphatic heterocycles. The van der Waals surface area contributed by atoms with E-state index in [-0.39, 0.29) is 24.3 Å². The predicted molar refractivity (Wildman–Crippen MR) is 453 cm³/mol. The highest BCUT2D eigenvalue weighted by Crippen LogP contribution is 2.64. The Morgan fingerprint density at radius 3 is 0.438 bits per heavy atom. The molecule has 0 saturated heterocycles. The Labute approximate surface area is 790 Å². The molecule has 0 fully saturated rings. The van der Waals surface area contributed by atoms with Crippen molar-refractivity contribution < 1.29 is 270 Å². The van der Waals surface area contributed by atoms with E-state index in [0.29, 0.717) is 0 Å². The third-order valence-electron chi connectivity index (χ3n) is 21.5. The SMILES string of the molecule is O=C(OC(C(=O)c1cc(O)c(O)c(O)c1)(C(=O)c1cc(O)c(O)c(O)c1)[C@](OC(=O)c1cc(O)c(O)c(O)c1)(C(=O)c1cc(O)c(O)c(O)c1)[C@](OC(=O)c1cc(O)c(O)c(O)c1)(C(=O)c1cc(O)c(O)c(O)c1)[C@@](OC(=O)c1cc(O)c(O)c(O)c1)(C(=O)c1cc(O)c(O)c(O)c1)[C@@](OC(=O)c1cc(O)c(O)c(O)c1)(C(=O)C(=O)c1cc(O)c(O)c(O)c1)C(=O)c1cc(O)c(O)c(O)c1)c1cc(O)c(O)c(O)c1. The van der Waals surface area contributed by atoms with Gasteiger partial charge in [0.1, 0.15) is 0 Å². The van der Waals surface area contributed by atoms with E-state index in [1.165, 1.54) is 0 Å². The minimum Gasteiger partial charge on any atom is -0.504 e. The van der Waals surface area contributed by atoms with Gasteiger partial charge in [0, 0.05) is 38.9 Å². The fourth-order valence-corrected chi connectivity index (χ4v) is 14.7. The van der Waals surface area contributed by atoms with Crippen LogP contribution >= 0.6 is 0 Å². The van der Waals surface area contributed by atoms with Gasteiger partial charge in [-0.3, -0.25) is 38.4 Å². The molecule has 0 bridgehead atoms. The summed E-state index contributed by atoms with van der Waals surface area (Å²) < 4.78 is 30.9. The second-order valence-corrected chi connectivity index (χ2v) is 30.3. The lowest BCUT2D eigenvalue weighted by atomic mass is 9.49. The van der Waals surface area contributed by atoms with Gasteiger partial charge < -0.3 is 208 Å². The maximum Gasteiger partial charge on any atom is 0.340 e. The van der Waals surface area contributed by atoms with Gasteiger partial charge in [-0.2, -0.15) is 0 Å². The summed E-state index contributed by atoms with van der Waals surface area (Å²) in [6.07, 6.45) is 0. The van der Waals surface area contributed by atoms with Gasteiger partial charge in [-0.05, 0) is 146 Å². The van der Waals surface area contributed by atoms with E-state index in [1.807, 2.05) is 0 Å². The van der Waals surface area contributed by atoms with Crippen LogP contribution in [0.2, 0.25) is 0 Å². The second kappa shape index (κ2) is 36.1. The molecule has 12 aromatic rings. The Bertz CT molecular complexity index is 7350. The van der Waals surface area contributed by atoms with E-state index in [4.69, 9.17) is 23.7 Å². The first-order valence-electron chi connectivity index (χ1n) is 38.6. The van der Waals surface area contributed by atoms with Crippen molar-refractivity contribution in [2.24, 2.45) is 0 Å². The van der Waals surface area contributed by atoms with E-state index in [2.05, 4.69) is 0 Å². The zero-order chi connectivity index (χ0) is 107. The van der Waals surface area contributed by atoms with Crippen LogP contribution in [-0.2, 0) is 28.5 Å². The zero-order valence-electron chi connectivity index (χ0n) is 70.3. The van der Waals surface area contributed by atoms with Crippen molar-refractivity contribution in [3.63, 3.8) is 0 Å². The molecule has 0 amide bonds. The van der Waals surface area contributed by atoms with E-state index < -0.39 is 499 Å². The smallest absolute Gasteiger partial charge is 0.340 e. The van der Waals surface area contributed by atoms with Crippen LogP contribution in [0.4, 0.5) is 0 Å². The molecule has 0 saturated carbocycles. The molecule has 0 aromatic heterocycles. The van der Waals surface area contributed by atoms with E-state index in [9.17, 15) is 184 Å². The molecule has 0 radical (unpaired) electrons. The summed E-state index contributed by atoms with van der Waals surface area (Å²) in [5, 5.41) is 419. The quantitative estimate of drug-likeness (QED) is 0.00783. The number of carbonyl (C=O) groups is 13. The Morgan fingerprint density at radius 1 is 0.139 bits per heavy atom. The minimum absolute atomic E-state index is 0.346. The molecule has 0 aliphatic rings. The van der Waals surface area contributed by atoms with Gasteiger partial charge in [-0.1, -0.05) is 0 Å². The van der Waals surface area contributed by atoms with Crippen LogP contribution in [0.3, 0.4) is 0 Å². The Hall–Kier alpha value is -21.8. The number of ketones is 8. The van der Waals surface area contributed by atoms with Crippen molar-refractivity contribution in [2.45, 2.75) is 28.0 Å². The average Bonchev–Trinajstić information content (AvgIpc) is 0.639. The van der Waals surface area contributed by atoms with Crippen LogP contribution in [0, 0.1) is 0 Å². The molecule has 4 atom stereocenters. The maximum absolute atomic E-state index is 20.0. The summed E-state index contributed by atoms with van der Waals surface area (Å²) in [4.78, 5) is 240. The standard InChI is InChI=1S/C90H60O54/c91-37-1-25(2-38(92)62(37)116)61(115)80(134)87(76(130)28-7-43(97)65(119)44(98)8-28,141-82(136)33-17-53(107)70(124)54(108)18-33)89(78(132)30-11-47(101)67(121)48(102)12-30,143-84(138)35-21-57(111)72(126)58(112)22-35)90(79(133)31-13-49(103)68(122)50(104)14-31,144-85(139)36-23-59(113)73(127)60(114)24-36)88(77(131)29-9-45(99)66(120)46(100)10-29,142-83(137)34-19-55(109)71(125)56(110)20-34)86(74(128)26-3-39(93)63(117)40(94)4-26,75(129)27-5-41(95)64(118)42(96)6-27)140-81(135)32-15-51(105)69(123)52(106)16-32/h1-24,91-114,116-127H/t87-,88+,89+,90+/m0/s1. The predicted octanol–water partition coefficient (Wildman–Crippen LogP) is 4.12. The summed E-state index contributed by atoms with van der Waals surface area (Å²) in [5.41, 5.74) is -68.1. The molecule has 36 N–H and O–H groups in total. The molecule has 12 aromatic carbocycles. The number of esters is 5. The molecule has 0 aliphatic carbocycles. The molecular formula is C90H60O54.